The molecule has 0 unspecified atom stereocenters. The van der Waals surface area contributed by atoms with Gasteiger partial charge in [-0.2, -0.15) is 4.31 Å². The second kappa shape index (κ2) is 12.4. The van der Waals surface area contributed by atoms with E-state index in [2.05, 4.69) is 10.3 Å². The summed E-state index contributed by atoms with van der Waals surface area (Å²) in [5, 5.41) is 18.2. The van der Waals surface area contributed by atoms with Gasteiger partial charge in [-0.15, -0.1) is 5.10 Å². The predicted octanol–water partition coefficient (Wildman–Crippen LogP) is 5.91. The van der Waals surface area contributed by atoms with Crippen LogP contribution in [0.5, 0.6) is 11.5 Å². The second-order valence-corrected chi connectivity index (χ2v) is 14.3. The van der Waals surface area contributed by atoms with E-state index in [0.29, 0.717) is 28.5 Å². The average Bonchev–Trinajstić information content (AvgIpc) is 3.36. The Labute approximate surface area is 264 Å². The molecule has 45 heavy (non-hydrogen) atoms. The monoisotopic (exact) mass is 632 g/mol. The third kappa shape index (κ3) is 6.15. The molecule has 11 heteroatoms. The van der Waals surface area contributed by atoms with Crippen molar-refractivity contribution in [2.75, 3.05) is 13.7 Å². The number of benzene rings is 3. The highest BCUT2D eigenvalue weighted by molar-refractivity contribution is 7.89. The summed E-state index contributed by atoms with van der Waals surface area (Å²) in [6, 6.07) is 15.0. The van der Waals surface area contributed by atoms with Crippen molar-refractivity contribution in [1.82, 2.24) is 19.3 Å². The van der Waals surface area contributed by atoms with E-state index in [4.69, 9.17) is 9.47 Å². The van der Waals surface area contributed by atoms with Crippen LogP contribution in [0, 0.1) is 6.92 Å². The van der Waals surface area contributed by atoms with Crippen LogP contribution in [0.3, 0.4) is 0 Å². The zero-order chi connectivity index (χ0) is 31.9. The van der Waals surface area contributed by atoms with Crippen LogP contribution in [0.4, 0.5) is 0 Å². The highest BCUT2D eigenvalue weighted by atomic mass is 32.2. The van der Waals surface area contributed by atoms with Crippen molar-refractivity contribution in [3.05, 3.63) is 76.3 Å². The molecule has 4 aromatic rings. The number of carboxylic acid groups (broad SMARTS) is 1. The molecule has 1 aliphatic carbocycles. The molecule has 0 radical (unpaired) electrons. The van der Waals surface area contributed by atoms with Crippen LogP contribution in [0.1, 0.15) is 85.1 Å². The molecule has 2 heterocycles. The lowest BCUT2D eigenvalue weighted by atomic mass is 9.84. The summed E-state index contributed by atoms with van der Waals surface area (Å²) < 4.78 is 43.2. The molecule has 0 bridgehead atoms. The summed E-state index contributed by atoms with van der Waals surface area (Å²) in [4.78, 5) is 12.3. The van der Waals surface area contributed by atoms with Crippen LogP contribution in [-0.4, -0.2) is 58.6 Å². The van der Waals surface area contributed by atoms with Gasteiger partial charge in [-0.05, 0) is 84.7 Å². The quantitative estimate of drug-likeness (QED) is 0.254. The summed E-state index contributed by atoms with van der Waals surface area (Å²) >= 11 is 0. The minimum Gasteiger partial charge on any atom is -0.494 e. The number of aliphatic carboxylic acids is 1. The van der Waals surface area contributed by atoms with Gasteiger partial charge in [0.25, 0.3) is 0 Å². The molecule has 2 atom stereocenters. The molecule has 10 nitrogen and oxygen atoms in total. The summed E-state index contributed by atoms with van der Waals surface area (Å²) in [6.45, 7) is 4.16. The van der Waals surface area contributed by atoms with Crippen molar-refractivity contribution in [3.63, 3.8) is 0 Å². The number of carboxylic acids is 1. The van der Waals surface area contributed by atoms with E-state index in [9.17, 15) is 18.3 Å². The molecule has 1 N–H and O–H groups in total. The minimum atomic E-state index is -3.87. The first-order valence-corrected chi connectivity index (χ1v) is 17.0. The standard InChI is InChI=1S/C34H40N4O6S/c1-21-10-11-25(28(18-33(39)40)26-15-29-34(31(17-26)43-4)37(3)36-35-29)14-27(21)20-38-19-22(2)44-30-16-24(23-8-6-5-7-9-23)12-13-32(30)45(38,41)42/h10-17,22-23,28H,5-9,18-20H2,1-4H3,(H,39,40)/t22-,28+/m1/s1. The Kier molecular flexibility index (Phi) is 8.58. The Morgan fingerprint density at radius 2 is 1.87 bits per heavy atom. The van der Waals surface area contributed by atoms with Gasteiger partial charge in [0.15, 0.2) is 0 Å². The highest BCUT2D eigenvalue weighted by Gasteiger charge is 2.35. The average molecular weight is 633 g/mol. The molecule has 0 amide bonds. The third-order valence-electron chi connectivity index (χ3n) is 9.26. The third-order valence-corrected chi connectivity index (χ3v) is 11.1. The first kappa shape index (κ1) is 31.0. The summed E-state index contributed by atoms with van der Waals surface area (Å²) in [5.74, 6) is -0.0698. The van der Waals surface area contributed by atoms with Crippen molar-refractivity contribution in [3.8, 4) is 11.5 Å². The van der Waals surface area contributed by atoms with Crippen LogP contribution >= 0.6 is 0 Å². The number of aryl methyl sites for hydroxylation is 2. The Hall–Kier alpha value is -3.96. The van der Waals surface area contributed by atoms with Gasteiger partial charge in [0.2, 0.25) is 10.0 Å². The topological polar surface area (TPSA) is 124 Å². The fraction of sp³-hybridized carbons (Fsp3) is 0.441. The maximum atomic E-state index is 14.1. The SMILES string of the molecule is COc1cc([C@@H](CC(=O)O)c2ccc(C)c(CN3C[C@@H](C)Oc4cc(C5CCCCC5)ccc4S3(=O)=O)c2)cc2nnn(C)c12. The van der Waals surface area contributed by atoms with Gasteiger partial charge in [0.1, 0.15) is 33.5 Å². The molecule has 238 valence electrons. The molecule has 1 fully saturated rings. The number of rotatable bonds is 8. The molecule has 6 rings (SSSR count). The lowest BCUT2D eigenvalue weighted by molar-refractivity contribution is -0.137. The largest absolute Gasteiger partial charge is 0.494 e. The van der Waals surface area contributed by atoms with Crippen molar-refractivity contribution < 1.29 is 27.8 Å². The van der Waals surface area contributed by atoms with Crippen molar-refractivity contribution >= 4 is 27.0 Å². The molecule has 1 saturated carbocycles. The summed E-state index contributed by atoms with van der Waals surface area (Å²) in [5.41, 5.74) is 5.66. The van der Waals surface area contributed by atoms with Gasteiger partial charge in [0, 0.05) is 19.5 Å². The number of sulfonamides is 1. The predicted molar refractivity (Wildman–Crippen MR) is 170 cm³/mol. The van der Waals surface area contributed by atoms with E-state index >= 15 is 0 Å². The number of ether oxygens (including phenoxy) is 2. The maximum absolute atomic E-state index is 14.1. The van der Waals surface area contributed by atoms with Crippen molar-refractivity contribution in [2.45, 2.75) is 81.8 Å². The normalized spacial score (nSPS) is 19.4. The molecular formula is C34H40N4O6S. The van der Waals surface area contributed by atoms with Crippen molar-refractivity contribution in [1.29, 1.82) is 0 Å². The first-order valence-electron chi connectivity index (χ1n) is 15.5. The van der Waals surface area contributed by atoms with E-state index in [0.717, 1.165) is 40.7 Å². The summed E-state index contributed by atoms with van der Waals surface area (Å²) in [6.07, 6.45) is 5.36. The highest BCUT2D eigenvalue weighted by Crippen LogP contribution is 2.40. The van der Waals surface area contributed by atoms with Crippen LogP contribution in [0.2, 0.25) is 0 Å². The molecule has 2 aliphatic rings. The van der Waals surface area contributed by atoms with Gasteiger partial charge in [-0.3, -0.25) is 4.79 Å². The molecule has 1 aliphatic heterocycles. The minimum absolute atomic E-state index is 0.131. The van der Waals surface area contributed by atoms with Crippen LogP contribution in [0.15, 0.2) is 53.4 Å². The Bertz CT molecular complexity index is 1850. The first-order chi connectivity index (χ1) is 21.5. The van der Waals surface area contributed by atoms with Gasteiger partial charge in [0.05, 0.1) is 20.1 Å². The lowest BCUT2D eigenvalue weighted by Gasteiger charge is -2.24. The number of methoxy groups -OCH3 is 1. The van der Waals surface area contributed by atoms with E-state index < -0.39 is 21.9 Å². The molecule has 3 aromatic carbocycles. The second-order valence-electron chi connectivity index (χ2n) is 12.4. The van der Waals surface area contributed by atoms with E-state index in [-0.39, 0.29) is 30.5 Å². The zero-order valence-electron chi connectivity index (χ0n) is 26.2. The number of nitrogens with zero attached hydrogens (tertiary/aromatic N) is 4. The number of aromatic nitrogens is 3. The van der Waals surface area contributed by atoms with Gasteiger partial charge in [-0.25, -0.2) is 13.1 Å². The van der Waals surface area contributed by atoms with Crippen LogP contribution in [0.25, 0.3) is 11.0 Å². The van der Waals surface area contributed by atoms with E-state index in [1.165, 1.54) is 23.6 Å². The Morgan fingerprint density at radius 1 is 1.09 bits per heavy atom. The zero-order valence-corrected chi connectivity index (χ0v) is 27.0. The summed E-state index contributed by atoms with van der Waals surface area (Å²) in [7, 11) is -0.538. The molecule has 0 saturated heterocycles. The number of hydrogen-bond donors (Lipinski definition) is 1. The smallest absolute Gasteiger partial charge is 0.304 e. The van der Waals surface area contributed by atoms with Crippen molar-refractivity contribution in [2.24, 2.45) is 7.05 Å². The number of fused-ring (bicyclic) bond motifs is 2. The van der Waals surface area contributed by atoms with E-state index in [1.807, 2.05) is 56.3 Å². The van der Waals surface area contributed by atoms with Gasteiger partial charge in [-0.1, -0.05) is 48.7 Å². The maximum Gasteiger partial charge on any atom is 0.304 e. The lowest BCUT2D eigenvalue weighted by Crippen LogP contribution is -2.35. The van der Waals surface area contributed by atoms with Gasteiger partial charge < -0.3 is 14.6 Å². The number of carbonyl (C=O) groups is 1. The Balaban J connectivity index is 1.35. The van der Waals surface area contributed by atoms with Crippen LogP contribution in [-0.2, 0) is 28.4 Å². The fourth-order valence-electron chi connectivity index (χ4n) is 6.85. The van der Waals surface area contributed by atoms with Gasteiger partial charge >= 0.3 is 5.97 Å². The molecule has 1 aromatic heterocycles. The molecule has 0 spiro atoms. The molecular weight excluding hydrogens is 592 g/mol. The Morgan fingerprint density at radius 3 is 2.60 bits per heavy atom. The van der Waals surface area contributed by atoms with Crippen LogP contribution < -0.4 is 9.47 Å². The fourth-order valence-corrected chi connectivity index (χ4v) is 8.45. The van der Waals surface area contributed by atoms with E-state index in [1.54, 1.807) is 24.9 Å². The number of hydrogen-bond acceptors (Lipinski definition) is 7.